The molecule has 2 rings (SSSR count). The quantitative estimate of drug-likeness (QED) is 0.729. The fraction of sp³-hybridized carbons (Fsp3) is 0.818. The van der Waals surface area contributed by atoms with Gasteiger partial charge in [-0.2, -0.15) is 0 Å². The highest BCUT2D eigenvalue weighted by molar-refractivity contribution is 5.82. The van der Waals surface area contributed by atoms with E-state index in [2.05, 4.69) is 5.32 Å². The predicted octanol–water partition coefficient (Wildman–Crippen LogP) is 1.01. The second kappa shape index (κ2) is 3.83. The Morgan fingerprint density at radius 1 is 1.40 bits per heavy atom. The molecule has 4 heteroatoms. The molecule has 1 amide bonds. The van der Waals surface area contributed by atoms with Gasteiger partial charge in [0.05, 0.1) is 0 Å². The van der Waals surface area contributed by atoms with Crippen molar-refractivity contribution in [2.24, 2.45) is 17.8 Å². The van der Waals surface area contributed by atoms with Crippen LogP contribution in [0.5, 0.6) is 0 Å². The van der Waals surface area contributed by atoms with Gasteiger partial charge in [0.2, 0.25) is 5.91 Å². The van der Waals surface area contributed by atoms with Gasteiger partial charge in [-0.25, -0.2) is 4.79 Å². The van der Waals surface area contributed by atoms with Crippen LogP contribution < -0.4 is 5.32 Å². The van der Waals surface area contributed by atoms with Crippen LogP contribution in [-0.2, 0) is 9.59 Å². The van der Waals surface area contributed by atoms with Crippen LogP contribution in [0.3, 0.4) is 0 Å². The van der Waals surface area contributed by atoms with Gasteiger partial charge in [0.15, 0.2) is 0 Å². The number of amides is 1. The van der Waals surface area contributed by atoms with E-state index >= 15 is 0 Å². The molecule has 2 N–H and O–H groups in total. The van der Waals surface area contributed by atoms with Gasteiger partial charge >= 0.3 is 5.97 Å². The first-order valence-electron chi connectivity index (χ1n) is 5.59. The third-order valence-electron chi connectivity index (χ3n) is 3.77. The first kappa shape index (κ1) is 10.5. The normalized spacial score (nSPS) is 34.3. The maximum Gasteiger partial charge on any atom is 0.326 e. The van der Waals surface area contributed by atoms with E-state index in [1.165, 1.54) is 26.2 Å². The zero-order valence-corrected chi connectivity index (χ0v) is 8.90. The van der Waals surface area contributed by atoms with Crippen LogP contribution >= 0.6 is 0 Å². The molecule has 0 bridgehead atoms. The van der Waals surface area contributed by atoms with E-state index in [9.17, 15) is 9.59 Å². The standard InChI is InChI=1S/C11H17NO3/c1-6(13)12-10(11(14)15)5-9-7-3-2-4-8(7)9/h7-10H,2-5H2,1H3,(H,12,13)(H,14,15)/t7-,8-,10?/m1/s1. The van der Waals surface area contributed by atoms with Crippen molar-refractivity contribution >= 4 is 11.9 Å². The Balaban J connectivity index is 1.85. The Bertz CT molecular complexity index is 280. The van der Waals surface area contributed by atoms with Crippen molar-refractivity contribution in [3.8, 4) is 0 Å². The fourth-order valence-electron chi connectivity index (χ4n) is 3.06. The van der Waals surface area contributed by atoms with Crippen LogP contribution in [0.25, 0.3) is 0 Å². The predicted molar refractivity (Wildman–Crippen MR) is 54.2 cm³/mol. The van der Waals surface area contributed by atoms with Gasteiger partial charge in [-0.1, -0.05) is 6.42 Å². The number of aliphatic carboxylic acids is 1. The van der Waals surface area contributed by atoms with E-state index < -0.39 is 12.0 Å². The molecule has 0 spiro atoms. The SMILES string of the molecule is CC(=O)NC(CC1[C@@H]2CCC[C@@H]12)C(=O)O. The zero-order chi connectivity index (χ0) is 11.0. The molecule has 2 saturated carbocycles. The summed E-state index contributed by atoms with van der Waals surface area (Å²) in [7, 11) is 0. The first-order valence-corrected chi connectivity index (χ1v) is 5.59. The first-order chi connectivity index (χ1) is 7.09. The maximum atomic E-state index is 10.9. The number of carboxylic acid groups (broad SMARTS) is 1. The van der Waals surface area contributed by atoms with Crippen LogP contribution in [-0.4, -0.2) is 23.0 Å². The van der Waals surface area contributed by atoms with Gasteiger partial charge in [0, 0.05) is 6.92 Å². The molecular weight excluding hydrogens is 194 g/mol. The highest BCUT2D eigenvalue weighted by atomic mass is 16.4. The molecule has 0 heterocycles. The maximum absolute atomic E-state index is 10.9. The molecule has 4 nitrogen and oxygen atoms in total. The summed E-state index contributed by atoms with van der Waals surface area (Å²) >= 11 is 0. The van der Waals surface area contributed by atoms with E-state index in [0.29, 0.717) is 12.3 Å². The molecule has 2 aliphatic carbocycles. The van der Waals surface area contributed by atoms with E-state index in [-0.39, 0.29) is 5.91 Å². The molecular formula is C11H17NO3. The van der Waals surface area contributed by atoms with Crippen LogP contribution in [0.15, 0.2) is 0 Å². The molecule has 3 atom stereocenters. The summed E-state index contributed by atoms with van der Waals surface area (Å²) < 4.78 is 0. The summed E-state index contributed by atoms with van der Waals surface area (Å²) in [5.41, 5.74) is 0. The molecule has 2 aliphatic rings. The van der Waals surface area contributed by atoms with Gasteiger partial charge in [-0.3, -0.25) is 4.79 Å². The lowest BCUT2D eigenvalue weighted by molar-refractivity contribution is -0.141. The minimum Gasteiger partial charge on any atom is -0.480 e. The number of rotatable bonds is 4. The van der Waals surface area contributed by atoms with Crippen molar-refractivity contribution in [3.05, 3.63) is 0 Å². The van der Waals surface area contributed by atoms with Crippen molar-refractivity contribution in [2.75, 3.05) is 0 Å². The topological polar surface area (TPSA) is 66.4 Å². The Labute approximate surface area is 89.0 Å². The largest absolute Gasteiger partial charge is 0.480 e. The fourth-order valence-corrected chi connectivity index (χ4v) is 3.06. The highest BCUT2D eigenvalue weighted by Gasteiger charge is 2.53. The monoisotopic (exact) mass is 211 g/mol. The van der Waals surface area contributed by atoms with E-state index in [0.717, 1.165) is 11.8 Å². The number of hydrogen-bond acceptors (Lipinski definition) is 2. The molecule has 0 radical (unpaired) electrons. The van der Waals surface area contributed by atoms with Crippen LogP contribution in [0.4, 0.5) is 0 Å². The Kier molecular flexibility index (Phi) is 2.67. The molecule has 0 aliphatic heterocycles. The van der Waals surface area contributed by atoms with Gasteiger partial charge < -0.3 is 10.4 Å². The summed E-state index contributed by atoms with van der Waals surface area (Å²) in [5, 5.41) is 11.4. The number of fused-ring (bicyclic) bond motifs is 1. The third-order valence-corrected chi connectivity index (χ3v) is 3.77. The molecule has 84 valence electrons. The lowest BCUT2D eigenvalue weighted by Crippen LogP contribution is -2.40. The third kappa shape index (κ3) is 2.13. The summed E-state index contributed by atoms with van der Waals surface area (Å²) in [5.74, 6) is 0.885. The second-order valence-electron chi connectivity index (χ2n) is 4.75. The second-order valence-corrected chi connectivity index (χ2v) is 4.75. The van der Waals surface area contributed by atoms with Crippen LogP contribution in [0.1, 0.15) is 32.6 Å². The highest BCUT2D eigenvalue weighted by Crippen LogP contribution is 2.59. The van der Waals surface area contributed by atoms with Gasteiger partial charge in [0.25, 0.3) is 0 Å². The summed E-state index contributed by atoms with van der Waals surface area (Å²) in [6.45, 7) is 1.36. The number of carbonyl (C=O) groups is 2. The molecule has 0 aromatic heterocycles. The van der Waals surface area contributed by atoms with Crippen molar-refractivity contribution in [2.45, 2.75) is 38.6 Å². The summed E-state index contributed by atoms with van der Waals surface area (Å²) in [6.07, 6.45) is 4.41. The minimum atomic E-state index is -0.907. The number of hydrogen-bond donors (Lipinski definition) is 2. The number of carbonyl (C=O) groups excluding carboxylic acids is 1. The summed E-state index contributed by atoms with van der Waals surface area (Å²) in [6, 6.07) is -0.682. The Morgan fingerprint density at radius 2 is 2.00 bits per heavy atom. The van der Waals surface area contributed by atoms with Gasteiger partial charge in [-0.05, 0) is 37.0 Å². The lowest BCUT2D eigenvalue weighted by atomic mass is 10.0. The molecule has 2 fully saturated rings. The van der Waals surface area contributed by atoms with E-state index in [1.54, 1.807) is 0 Å². The van der Waals surface area contributed by atoms with Crippen molar-refractivity contribution in [1.82, 2.24) is 5.32 Å². The average Bonchev–Trinajstić information content (AvgIpc) is 2.61. The van der Waals surface area contributed by atoms with Crippen molar-refractivity contribution in [3.63, 3.8) is 0 Å². The minimum absolute atomic E-state index is 0.256. The molecule has 15 heavy (non-hydrogen) atoms. The van der Waals surface area contributed by atoms with Gasteiger partial charge in [0.1, 0.15) is 6.04 Å². The van der Waals surface area contributed by atoms with Crippen molar-refractivity contribution in [1.29, 1.82) is 0 Å². The number of carboxylic acids is 1. The zero-order valence-electron chi connectivity index (χ0n) is 8.90. The Hall–Kier alpha value is -1.06. The average molecular weight is 211 g/mol. The lowest BCUT2D eigenvalue weighted by Gasteiger charge is -2.13. The van der Waals surface area contributed by atoms with E-state index in [1.807, 2.05) is 0 Å². The summed E-state index contributed by atoms with van der Waals surface area (Å²) in [4.78, 5) is 21.7. The van der Waals surface area contributed by atoms with Crippen molar-refractivity contribution < 1.29 is 14.7 Å². The molecule has 0 aromatic carbocycles. The smallest absolute Gasteiger partial charge is 0.326 e. The molecule has 1 unspecified atom stereocenters. The molecule has 0 saturated heterocycles. The molecule has 0 aromatic rings. The Morgan fingerprint density at radius 3 is 2.47 bits per heavy atom. The van der Waals surface area contributed by atoms with E-state index in [4.69, 9.17) is 5.11 Å². The van der Waals surface area contributed by atoms with Gasteiger partial charge in [-0.15, -0.1) is 0 Å². The van der Waals surface area contributed by atoms with Crippen LogP contribution in [0, 0.1) is 17.8 Å². The van der Waals surface area contributed by atoms with Crippen LogP contribution in [0.2, 0.25) is 0 Å². The number of nitrogens with one attached hydrogen (secondary N) is 1.